The number of hydrogen-bond acceptors (Lipinski definition) is 8. The molecule has 0 spiro atoms. The van der Waals surface area contributed by atoms with Crippen molar-refractivity contribution < 1.29 is 29.0 Å². The lowest BCUT2D eigenvalue weighted by Gasteiger charge is -2.28. The molecule has 0 radical (unpaired) electrons. The number of esters is 1. The summed E-state index contributed by atoms with van der Waals surface area (Å²) in [4.78, 5) is 56.2. The Morgan fingerprint density at radius 3 is 1.79 bits per heavy atom. The zero-order valence-electron chi connectivity index (χ0n) is 27.6. The van der Waals surface area contributed by atoms with Crippen LogP contribution in [-0.2, 0) is 36.8 Å². The van der Waals surface area contributed by atoms with Gasteiger partial charge in [-0.25, -0.2) is 4.79 Å². The van der Waals surface area contributed by atoms with Gasteiger partial charge in [0.1, 0.15) is 12.1 Å². The number of aliphatic imine (C=N–C) groups is 1. The molecule has 2 amide bonds. The highest BCUT2D eigenvalue weighted by atomic mass is 16.5. The number of ether oxygens (including phenoxy) is 1. The summed E-state index contributed by atoms with van der Waals surface area (Å²) in [6, 6.07) is 15.0. The summed E-state index contributed by atoms with van der Waals surface area (Å²) in [6.45, 7) is 2.29. The molecule has 12 heteroatoms. The average molecular weight is 652 g/mol. The van der Waals surface area contributed by atoms with E-state index < -0.39 is 47.9 Å². The summed E-state index contributed by atoms with van der Waals surface area (Å²) < 4.78 is 4.96. The molecule has 2 aromatic carbocycles. The van der Waals surface area contributed by atoms with Crippen molar-refractivity contribution in [2.75, 3.05) is 13.7 Å². The number of rotatable bonds is 23. The maximum Gasteiger partial charge on any atom is 0.328 e. The maximum absolute atomic E-state index is 13.8. The number of methoxy groups -OCH3 is 1. The first-order valence-electron chi connectivity index (χ1n) is 16.4. The Morgan fingerprint density at radius 2 is 1.26 bits per heavy atom. The average Bonchev–Trinajstić information content (AvgIpc) is 3.07. The number of carboxylic acid groups (broad SMARTS) is 1. The highest BCUT2D eigenvalue weighted by Gasteiger charge is 2.30. The largest absolute Gasteiger partial charge is 0.548 e. The summed E-state index contributed by atoms with van der Waals surface area (Å²) in [5.74, 6) is -3.11. The van der Waals surface area contributed by atoms with Crippen molar-refractivity contribution in [2.24, 2.45) is 16.5 Å². The summed E-state index contributed by atoms with van der Waals surface area (Å²) in [5, 5.41) is 20.6. The summed E-state index contributed by atoms with van der Waals surface area (Å²) in [6.07, 6.45) is 5.89. The third-order valence-corrected chi connectivity index (χ3v) is 7.86. The molecule has 0 aliphatic rings. The lowest BCUT2D eigenvalue weighted by molar-refractivity contribution is -0.308. The lowest BCUT2D eigenvalue weighted by atomic mass is 10.0. The van der Waals surface area contributed by atoms with Crippen LogP contribution in [0.3, 0.4) is 0 Å². The van der Waals surface area contributed by atoms with Crippen LogP contribution in [0.4, 0.5) is 0 Å². The topological polar surface area (TPSA) is 201 Å². The monoisotopic (exact) mass is 651 g/mol. The smallest absolute Gasteiger partial charge is 0.328 e. The lowest BCUT2D eigenvalue weighted by Crippen LogP contribution is -2.58. The number of nitrogens with one attached hydrogen (secondary N) is 3. The van der Waals surface area contributed by atoms with E-state index in [9.17, 15) is 24.3 Å². The van der Waals surface area contributed by atoms with Crippen molar-refractivity contribution in [1.29, 1.82) is 0 Å². The Bertz CT molecular complexity index is 1260. The Hall–Kier alpha value is -4.45. The normalized spacial score (nSPS) is 13.4. The predicted molar refractivity (Wildman–Crippen MR) is 180 cm³/mol. The molecular formula is C35H51N6O6-. The molecule has 0 aliphatic carbocycles. The van der Waals surface area contributed by atoms with Crippen LogP contribution in [0.25, 0.3) is 0 Å². The highest BCUT2D eigenvalue weighted by molar-refractivity contribution is 5.92. The number of hydrogen-bond donors (Lipinski definition) is 5. The van der Waals surface area contributed by atoms with Crippen LogP contribution < -0.4 is 32.5 Å². The molecule has 4 atom stereocenters. The Labute approximate surface area is 278 Å². The van der Waals surface area contributed by atoms with Crippen molar-refractivity contribution >= 4 is 29.7 Å². The zero-order chi connectivity index (χ0) is 34.4. The summed E-state index contributed by atoms with van der Waals surface area (Å²) >= 11 is 0. The van der Waals surface area contributed by atoms with Crippen LogP contribution in [0.15, 0.2) is 65.7 Å². The number of carbonyl (C=O) groups is 4. The van der Waals surface area contributed by atoms with Crippen molar-refractivity contribution in [1.82, 2.24) is 16.0 Å². The number of benzene rings is 2. The zero-order valence-corrected chi connectivity index (χ0v) is 27.6. The van der Waals surface area contributed by atoms with Gasteiger partial charge >= 0.3 is 5.97 Å². The second kappa shape index (κ2) is 22.1. The number of carboxylic acids is 1. The van der Waals surface area contributed by atoms with Gasteiger partial charge < -0.3 is 36.7 Å². The Balaban J connectivity index is 2.26. The third-order valence-electron chi connectivity index (χ3n) is 7.86. The molecular weight excluding hydrogens is 600 g/mol. The molecule has 12 nitrogen and oxygen atoms in total. The number of aryl methyl sites for hydroxylation is 2. The van der Waals surface area contributed by atoms with E-state index in [1.165, 1.54) is 7.11 Å². The van der Waals surface area contributed by atoms with Gasteiger partial charge in [0, 0.05) is 12.6 Å². The van der Waals surface area contributed by atoms with E-state index in [0.717, 1.165) is 30.4 Å². The van der Waals surface area contributed by atoms with E-state index in [0.29, 0.717) is 32.1 Å². The van der Waals surface area contributed by atoms with Crippen LogP contribution in [0, 0.1) is 0 Å². The molecule has 47 heavy (non-hydrogen) atoms. The van der Waals surface area contributed by atoms with E-state index in [1.54, 1.807) is 0 Å². The molecule has 0 saturated carbocycles. The molecule has 0 fully saturated rings. The molecule has 258 valence electrons. The second-order valence-corrected chi connectivity index (χ2v) is 11.6. The van der Waals surface area contributed by atoms with Gasteiger partial charge in [0.05, 0.1) is 19.1 Å². The molecule has 2 aromatic rings. The van der Waals surface area contributed by atoms with Crippen molar-refractivity contribution in [2.45, 2.75) is 102 Å². The maximum atomic E-state index is 13.8. The SMILES string of the molecule is CCCCCCC(N[C@@H](CCc1ccccc1)C(=O)N[C@@H](CCCN=C(N)N)C(=O)N[C@@H](CCc1ccccc1)C(=O)OC)C(=O)[O-]. The Kier molecular flexibility index (Phi) is 18.2. The van der Waals surface area contributed by atoms with Crippen LogP contribution in [-0.4, -0.2) is 67.5 Å². The molecule has 0 bridgehead atoms. The van der Waals surface area contributed by atoms with Crippen molar-refractivity contribution in [3.8, 4) is 0 Å². The van der Waals surface area contributed by atoms with E-state index in [-0.39, 0.29) is 31.8 Å². The van der Waals surface area contributed by atoms with Gasteiger partial charge in [-0.1, -0.05) is 93.3 Å². The first-order chi connectivity index (χ1) is 22.6. The van der Waals surface area contributed by atoms with E-state index >= 15 is 0 Å². The van der Waals surface area contributed by atoms with Gasteiger partial charge in [0.15, 0.2) is 5.96 Å². The molecule has 1 unspecified atom stereocenters. The van der Waals surface area contributed by atoms with Gasteiger partial charge in [0.25, 0.3) is 0 Å². The number of unbranched alkanes of at least 4 members (excludes halogenated alkanes) is 3. The molecule has 0 aliphatic heterocycles. The van der Waals surface area contributed by atoms with Gasteiger partial charge in [-0.15, -0.1) is 0 Å². The number of amides is 2. The summed E-state index contributed by atoms with van der Waals surface area (Å²) in [7, 11) is 1.25. The van der Waals surface area contributed by atoms with E-state index in [1.807, 2.05) is 60.7 Å². The fraction of sp³-hybridized carbons (Fsp3) is 0.514. The number of carbonyl (C=O) groups excluding carboxylic acids is 4. The fourth-order valence-electron chi connectivity index (χ4n) is 5.20. The standard InChI is InChI=1S/C35H52N6O6/c1-3-4-5-12-18-29(33(44)45)39-28(22-20-25-14-8-6-9-15-25)32(43)40-27(19-13-24-38-35(36)37)31(42)41-30(34(46)47-2)23-21-26-16-10-7-11-17-26/h6-11,14-17,27-30,39H,3-5,12-13,18-24H2,1-2H3,(H,40,43)(H,41,42)(H,44,45)(H4,36,37,38)/p-1/t27-,28-,29?,30-/m0/s1. The summed E-state index contributed by atoms with van der Waals surface area (Å²) in [5.41, 5.74) is 12.9. The van der Waals surface area contributed by atoms with Crippen LogP contribution >= 0.6 is 0 Å². The molecule has 0 saturated heterocycles. The van der Waals surface area contributed by atoms with E-state index in [4.69, 9.17) is 16.2 Å². The second-order valence-electron chi connectivity index (χ2n) is 11.6. The van der Waals surface area contributed by atoms with Crippen LogP contribution in [0.1, 0.15) is 75.8 Å². The third kappa shape index (κ3) is 15.6. The van der Waals surface area contributed by atoms with Crippen LogP contribution in [0.5, 0.6) is 0 Å². The van der Waals surface area contributed by atoms with Crippen LogP contribution in [0.2, 0.25) is 0 Å². The highest BCUT2D eigenvalue weighted by Crippen LogP contribution is 2.12. The predicted octanol–water partition coefficient (Wildman–Crippen LogP) is 1.50. The number of nitrogens with zero attached hydrogens (tertiary/aromatic N) is 1. The molecule has 0 aromatic heterocycles. The first kappa shape index (κ1) is 38.7. The number of guanidine groups is 1. The molecule has 7 N–H and O–H groups in total. The molecule has 2 rings (SSSR count). The van der Waals surface area contributed by atoms with Crippen molar-refractivity contribution in [3.63, 3.8) is 0 Å². The van der Waals surface area contributed by atoms with Gasteiger partial charge in [-0.05, 0) is 56.1 Å². The first-order valence-corrected chi connectivity index (χ1v) is 16.4. The van der Waals surface area contributed by atoms with E-state index in [2.05, 4.69) is 27.9 Å². The van der Waals surface area contributed by atoms with Gasteiger partial charge in [-0.2, -0.15) is 0 Å². The van der Waals surface area contributed by atoms with Gasteiger partial charge in [-0.3, -0.25) is 19.9 Å². The Morgan fingerprint density at radius 1 is 0.723 bits per heavy atom. The van der Waals surface area contributed by atoms with Gasteiger partial charge in [0.2, 0.25) is 11.8 Å². The minimum atomic E-state index is -1.29. The molecule has 0 heterocycles. The minimum absolute atomic E-state index is 0.0980. The number of nitrogens with two attached hydrogens (primary N) is 2. The minimum Gasteiger partial charge on any atom is -0.548 e. The number of aliphatic carboxylic acids is 1. The fourth-order valence-corrected chi connectivity index (χ4v) is 5.20. The quantitative estimate of drug-likeness (QED) is 0.0511. The van der Waals surface area contributed by atoms with Crippen molar-refractivity contribution in [3.05, 3.63) is 71.8 Å².